The Morgan fingerprint density at radius 1 is 1.47 bits per heavy atom. The zero-order valence-electron chi connectivity index (χ0n) is 7.38. The Hall–Kier alpha value is -1.69. The van der Waals surface area contributed by atoms with E-state index in [9.17, 15) is 10.1 Å². The van der Waals surface area contributed by atoms with E-state index in [-0.39, 0.29) is 5.69 Å². The minimum absolute atomic E-state index is 0.0325. The first-order valence-corrected chi connectivity index (χ1v) is 4.80. The number of hydrogen-bond donors (Lipinski definition) is 0. The van der Waals surface area contributed by atoms with E-state index in [2.05, 4.69) is 20.9 Å². The zero-order chi connectivity index (χ0) is 10.8. The molecule has 0 amide bonds. The van der Waals surface area contributed by atoms with Crippen molar-refractivity contribution in [3.05, 3.63) is 45.4 Å². The quantitative estimate of drug-likeness (QED) is 0.620. The fourth-order valence-corrected chi connectivity index (χ4v) is 1.73. The van der Waals surface area contributed by atoms with Crippen LogP contribution in [0, 0.1) is 10.1 Å². The summed E-state index contributed by atoms with van der Waals surface area (Å²) in [5.74, 6) is 0.566. The summed E-state index contributed by atoms with van der Waals surface area (Å²) in [4.78, 5) is 13.8. The third-order valence-corrected chi connectivity index (χ3v) is 2.52. The number of nitro groups is 1. The second-order valence-corrected chi connectivity index (χ2v) is 3.64. The monoisotopic (exact) mass is 268 g/mol. The predicted molar refractivity (Wildman–Crippen MR) is 56.3 cm³/mol. The van der Waals surface area contributed by atoms with Crippen LogP contribution < -0.4 is 0 Å². The molecule has 0 aliphatic heterocycles. The molecule has 0 fully saturated rings. The van der Waals surface area contributed by atoms with Crippen LogP contribution in [0.2, 0.25) is 0 Å². The van der Waals surface area contributed by atoms with Crippen LogP contribution in [0.5, 0.6) is 0 Å². The Kier molecular flexibility index (Phi) is 2.51. The van der Waals surface area contributed by atoms with Crippen molar-refractivity contribution in [3.8, 4) is 11.3 Å². The van der Waals surface area contributed by atoms with E-state index >= 15 is 0 Å². The highest BCUT2D eigenvalue weighted by atomic mass is 79.9. The van der Waals surface area contributed by atoms with Gasteiger partial charge in [0.2, 0.25) is 0 Å². The van der Waals surface area contributed by atoms with Crippen molar-refractivity contribution in [2.45, 2.75) is 0 Å². The molecule has 0 aliphatic carbocycles. The van der Waals surface area contributed by atoms with Gasteiger partial charge in [-0.3, -0.25) is 10.1 Å². The van der Waals surface area contributed by atoms with Gasteiger partial charge in [-0.05, 0) is 22.0 Å². The Morgan fingerprint density at radius 3 is 2.80 bits per heavy atom. The molecule has 0 unspecified atom stereocenters. The summed E-state index contributed by atoms with van der Waals surface area (Å²) in [6, 6.07) is 4.46. The molecule has 5 nitrogen and oxygen atoms in total. The first kappa shape index (κ1) is 9.85. The van der Waals surface area contributed by atoms with Gasteiger partial charge >= 0.3 is 0 Å². The zero-order valence-corrected chi connectivity index (χ0v) is 8.97. The number of nitrogens with zero attached hydrogens (tertiary/aromatic N) is 2. The van der Waals surface area contributed by atoms with E-state index in [1.54, 1.807) is 12.3 Å². The van der Waals surface area contributed by atoms with Crippen molar-refractivity contribution in [1.29, 1.82) is 0 Å². The molecule has 0 saturated heterocycles. The first-order chi connectivity index (χ1) is 7.18. The maximum Gasteiger partial charge on any atom is 0.270 e. The SMILES string of the molecule is O=[N+]([O-])c1ccc(-c2cnco2)c(Br)c1. The third-order valence-electron chi connectivity index (χ3n) is 1.86. The molecular weight excluding hydrogens is 264 g/mol. The summed E-state index contributed by atoms with van der Waals surface area (Å²) in [6.45, 7) is 0. The molecule has 1 aromatic heterocycles. The Labute approximate surface area is 93.0 Å². The molecule has 0 N–H and O–H groups in total. The summed E-state index contributed by atoms with van der Waals surface area (Å²) in [5.41, 5.74) is 0.767. The van der Waals surface area contributed by atoms with Gasteiger partial charge < -0.3 is 4.42 Å². The fraction of sp³-hybridized carbons (Fsp3) is 0. The minimum atomic E-state index is -0.449. The minimum Gasteiger partial charge on any atom is -0.443 e. The summed E-state index contributed by atoms with van der Waals surface area (Å²) >= 11 is 3.24. The molecule has 76 valence electrons. The van der Waals surface area contributed by atoms with E-state index in [4.69, 9.17) is 4.42 Å². The molecule has 0 spiro atoms. The highest BCUT2D eigenvalue weighted by molar-refractivity contribution is 9.10. The Balaban J connectivity index is 2.48. The van der Waals surface area contributed by atoms with E-state index in [0.717, 1.165) is 5.56 Å². The Bertz CT molecular complexity index is 496. The van der Waals surface area contributed by atoms with Gasteiger partial charge in [0.25, 0.3) is 5.69 Å². The van der Waals surface area contributed by atoms with Gasteiger partial charge in [-0.2, -0.15) is 0 Å². The van der Waals surface area contributed by atoms with Gasteiger partial charge in [-0.1, -0.05) is 0 Å². The largest absolute Gasteiger partial charge is 0.443 e. The molecule has 2 aromatic rings. The normalized spacial score (nSPS) is 10.2. The van der Waals surface area contributed by atoms with Gasteiger partial charge in [0, 0.05) is 22.2 Å². The lowest BCUT2D eigenvalue weighted by Gasteiger charge is -1.99. The molecule has 0 atom stereocenters. The van der Waals surface area contributed by atoms with Crippen LogP contribution >= 0.6 is 15.9 Å². The molecule has 0 saturated carbocycles. The van der Waals surface area contributed by atoms with E-state index in [1.807, 2.05) is 0 Å². The van der Waals surface area contributed by atoms with Crippen LogP contribution in [-0.4, -0.2) is 9.91 Å². The average molecular weight is 269 g/mol. The summed E-state index contributed by atoms with van der Waals surface area (Å²) in [7, 11) is 0. The molecule has 6 heteroatoms. The summed E-state index contributed by atoms with van der Waals surface area (Å²) in [5, 5.41) is 10.5. The molecule has 2 rings (SSSR count). The number of rotatable bonds is 2. The molecule has 0 aliphatic rings. The molecule has 1 aromatic carbocycles. The molecule has 0 radical (unpaired) electrons. The molecular formula is C9H5BrN2O3. The topological polar surface area (TPSA) is 69.2 Å². The van der Waals surface area contributed by atoms with Crippen molar-refractivity contribution in [1.82, 2.24) is 4.98 Å². The van der Waals surface area contributed by atoms with Crippen molar-refractivity contribution in [2.24, 2.45) is 0 Å². The molecule has 0 bridgehead atoms. The standard InChI is InChI=1S/C9H5BrN2O3/c10-8-3-6(12(13)14)1-2-7(8)9-4-11-5-15-9/h1-5H. The van der Waals surface area contributed by atoms with Crippen molar-refractivity contribution >= 4 is 21.6 Å². The van der Waals surface area contributed by atoms with Crippen molar-refractivity contribution in [3.63, 3.8) is 0 Å². The highest BCUT2D eigenvalue weighted by Gasteiger charge is 2.11. The van der Waals surface area contributed by atoms with Crippen LogP contribution in [0.4, 0.5) is 5.69 Å². The lowest BCUT2D eigenvalue weighted by molar-refractivity contribution is -0.384. The van der Waals surface area contributed by atoms with E-state index in [0.29, 0.717) is 10.2 Å². The average Bonchev–Trinajstić information content (AvgIpc) is 2.70. The number of non-ortho nitro benzene ring substituents is 1. The lowest BCUT2D eigenvalue weighted by Crippen LogP contribution is -1.88. The van der Waals surface area contributed by atoms with Crippen LogP contribution in [0.1, 0.15) is 0 Å². The molecule has 15 heavy (non-hydrogen) atoms. The number of hydrogen-bond acceptors (Lipinski definition) is 4. The highest BCUT2D eigenvalue weighted by Crippen LogP contribution is 2.30. The summed E-state index contributed by atoms with van der Waals surface area (Å²) < 4.78 is 5.69. The van der Waals surface area contributed by atoms with Crippen molar-refractivity contribution in [2.75, 3.05) is 0 Å². The number of oxazole rings is 1. The van der Waals surface area contributed by atoms with Crippen molar-refractivity contribution < 1.29 is 9.34 Å². The smallest absolute Gasteiger partial charge is 0.270 e. The maximum absolute atomic E-state index is 10.5. The number of halogens is 1. The van der Waals surface area contributed by atoms with E-state index in [1.165, 1.54) is 18.5 Å². The maximum atomic E-state index is 10.5. The van der Waals surface area contributed by atoms with Gasteiger partial charge in [0.05, 0.1) is 11.1 Å². The Morgan fingerprint density at radius 2 is 2.27 bits per heavy atom. The second kappa shape index (κ2) is 3.82. The van der Waals surface area contributed by atoms with E-state index < -0.39 is 4.92 Å². The molecule has 1 heterocycles. The second-order valence-electron chi connectivity index (χ2n) is 2.79. The fourth-order valence-electron chi connectivity index (χ4n) is 1.17. The number of nitro benzene ring substituents is 1. The van der Waals surface area contributed by atoms with Crippen LogP contribution in [0.25, 0.3) is 11.3 Å². The first-order valence-electron chi connectivity index (χ1n) is 4.01. The van der Waals surface area contributed by atoms with Crippen LogP contribution in [-0.2, 0) is 0 Å². The number of aromatic nitrogens is 1. The summed E-state index contributed by atoms with van der Waals surface area (Å²) in [6.07, 6.45) is 2.86. The predicted octanol–water partition coefficient (Wildman–Crippen LogP) is 3.01. The number of benzene rings is 1. The van der Waals surface area contributed by atoms with Gasteiger partial charge in [-0.15, -0.1) is 0 Å². The van der Waals surface area contributed by atoms with Gasteiger partial charge in [-0.25, -0.2) is 4.98 Å². The lowest BCUT2D eigenvalue weighted by atomic mass is 10.2. The third kappa shape index (κ3) is 1.89. The van der Waals surface area contributed by atoms with Gasteiger partial charge in [0.1, 0.15) is 0 Å². The van der Waals surface area contributed by atoms with Crippen LogP contribution in [0.15, 0.2) is 39.7 Å². The van der Waals surface area contributed by atoms with Gasteiger partial charge in [0.15, 0.2) is 12.2 Å². The van der Waals surface area contributed by atoms with Crippen LogP contribution in [0.3, 0.4) is 0 Å².